The minimum atomic E-state index is 0.0180. The Hall–Kier alpha value is -1.58. The molecule has 0 atom stereocenters. The normalized spacial score (nSPS) is 11.2. The summed E-state index contributed by atoms with van der Waals surface area (Å²) < 4.78 is 0. The van der Waals surface area contributed by atoms with Gasteiger partial charge in [-0.05, 0) is 24.0 Å². The van der Waals surface area contributed by atoms with Crippen LogP contribution in [0.2, 0.25) is 0 Å². The number of anilines is 1. The standard InChI is InChI=1S/C15H25N3O/c1-6-9-16-13-8-7-12(10-17-13)14(19)18(5)11-15(2,3)4/h7-8,10H,6,9,11H2,1-5H3,(H,16,17). The number of carbonyl (C=O) groups excluding carboxylic acids is 1. The van der Waals surface area contributed by atoms with Crippen LogP contribution in [0, 0.1) is 5.41 Å². The molecule has 0 saturated heterocycles. The van der Waals surface area contributed by atoms with Gasteiger partial charge in [-0.25, -0.2) is 4.98 Å². The van der Waals surface area contributed by atoms with Crippen molar-refractivity contribution in [3.05, 3.63) is 23.9 Å². The second-order valence-electron chi connectivity index (χ2n) is 6.08. The van der Waals surface area contributed by atoms with Crippen LogP contribution in [-0.4, -0.2) is 35.9 Å². The second kappa shape index (κ2) is 6.55. The predicted octanol–water partition coefficient (Wildman–Crippen LogP) is 3.02. The molecular formula is C15H25N3O. The van der Waals surface area contributed by atoms with Gasteiger partial charge in [0.1, 0.15) is 5.82 Å². The first kappa shape index (κ1) is 15.5. The van der Waals surface area contributed by atoms with Crippen LogP contribution in [-0.2, 0) is 0 Å². The van der Waals surface area contributed by atoms with Gasteiger partial charge in [-0.3, -0.25) is 4.79 Å². The fourth-order valence-electron chi connectivity index (χ4n) is 1.88. The number of pyridine rings is 1. The summed E-state index contributed by atoms with van der Waals surface area (Å²) >= 11 is 0. The number of aromatic nitrogens is 1. The van der Waals surface area contributed by atoms with Gasteiger partial charge in [-0.1, -0.05) is 27.7 Å². The van der Waals surface area contributed by atoms with E-state index >= 15 is 0 Å². The third-order valence-corrected chi connectivity index (χ3v) is 2.62. The van der Waals surface area contributed by atoms with E-state index in [1.54, 1.807) is 11.1 Å². The summed E-state index contributed by atoms with van der Waals surface area (Å²) in [6.07, 6.45) is 2.69. The van der Waals surface area contributed by atoms with Gasteiger partial charge in [0.15, 0.2) is 0 Å². The van der Waals surface area contributed by atoms with Crippen molar-refractivity contribution in [1.82, 2.24) is 9.88 Å². The molecule has 0 spiro atoms. The number of carbonyl (C=O) groups is 1. The topological polar surface area (TPSA) is 45.2 Å². The molecule has 1 heterocycles. The van der Waals surface area contributed by atoms with Crippen LogP contribution < -0.4 is 5.32 Å². The zero-order valence-electron chi connectivity index (χ0n) is 12.7. The zero-order valence-corrected chi connectivity index (χ0v) is 12.7. The molecule has 4 nitrogen and oxygen atoms in total. The lowest BCUT2D eigenvalue weighted by Gasteiger charge is -2.26. The first-order valence-corrected chi connectivity index (χ1v) is 6.79. The third kappa shape index (κ3) is 5.28. The van der Waals surface area contributed by atoms with Gasteiger partial charge in [0.05, 0.1) is 5.56 Å². The van der Waals surface area contributed by atoms with Crippen molar-refractivity contribution in [2.75, 3.05) is 25.5 Å². The van der Waals surface area contributed by atoms with E-state index in [2.05, 4.69) is 38.0 Å². The smallest absolute Gasteiger partial charge is 0.255 e. The van der Waals surface area contributed by atoms with Crippen molar-refractivity contribution in [1.29, 1.82) is 0 Å². The van der Waals surface area contributed by atoms with Crippen LogP contribution in [0.4, 0.5) is 5.82 Å². The molecule has 0 aliphatic rings. The molecule has 1 aromatic rings. The molecule has 0 saturated carbocycles. The van der Waals surface area contributed by atoms with Gasteiger partial charge >= 0.3 is 0 Å². The summed E-state index contributed by atoms with van der Waals surface area (Å²) in [5.41, 5.74) is 0.731. The maximum atomic E-state index is 12.2. The molecule has 19 heavy (non-hydrogen) atoms. The fourth-order valence-corrected chi connectivity index (χ4v) is 1.88. The highest BCUT2D eigenvalue weighted by atomic mass is 16.2. The summed E-state index contributed by atoms with van der Waals surface area (Å²) in [5.74, 6) is 0.835. The van der Waals surface area contributed by atoms with Crippen molar-refractivity contribution in [3.63, 3.8) is 0 Å². The van der Waals surface area contributed by atoms with Crippen LogP contribution in [0.25, 0.3) is 0 Å². The molecular weight excluding hydrogens is 238 g/mol. The van der Waals surface area contributed by atoms with E-state index in [4.69, 9.17) is 0 Å². The van der Waals surface area contributed by atoms with Crippen molar-refractivity contribution in [2.24, 2.45) is 5.41 Å². The van der Waals surface area contributed by atoms with E-state index in [0.717, 1.165) is 25.3 Å². The fraction of sp³-hybridized carbons (Fsp3) is 0.600. The van der Waals surface area contributed by atoms with Gasteiger partial charge in [0.25, 0.3) is 5.91 Å². The van der Waals surface area contributed by atoms with Gasteiger partial charge < -0.3 is 10.2 Å². The minimum Gasteiger partial charge on any atom is -0.370 e. The Kier molecular flexibility index (Phi) is 5.33. The lowest BCUT2D eigenvalue weighted by atomic mass is 9.96. The maximum absolute atomic E-state index is 12.2. The average Bonchev–Trinajstić information content (AvgIpc) is 2.34. The first-order chi connectivity index (χ1) is 8.83. The van der Waals surface area contributed by atoms with Crippen LogP contribution in [0.15, 0.2) is 18.3 Å². The predicted molar refractivity (Wildman–Crippen MR) is 79.4 cm³/mol. The molecule has 0 aliphatic heterocycles. The SMILES string of the molecule is CCCNc1ccc(C(=O)N(C)CC(C)(C)C)cn1. The summed E-state index contributed by atoms with van der Waals surface area (Å²) in [6.45, 7) is 10.1. The molecule has 1 amide bonds. The molecule has 0 bridgehead atoms. The molecule has 4 heteroatoms. The number of hydrogen-bond donors (Lipinski definition) is 1. The number of hydrogen-bond acceptors (Lipinski definition) is 3. The molecule has 0 unspecified atom stereocenters. The highest BCUT2D eigenvalue weighted by molar-refractivity contribution is 5.93. The second-order valence-corrected chi connectivity index (χ2v) is 6.08. The minimum absolute atomic E-state index is 0.0180. The summed E-state index contributed by atoms with van der Waals surface area (Å²) in [4.78, 5) is 18.2. The maximum Gasteiger partial charge on any atom is 0.255 e. The Morgan fingerprint density at radius 1 is 1.37 bits per heavy atom. The van der Waals surface area contributed by atoms with E-state index in [1.807, 2.05) is 19.2 Å². The summed E-state index contributed by atoms with van der Waals surface area (Å²) in [7, 11) is 1.83. The van der Waals surface area contributed by atoms with Gasteiger partial charge in [-0.2, -0.15) is 0 Å². The quantitative estimate of drug-likeness (QED) is 0.888. The molecule has 1 aromatic heterocycles. The van der Waals surface area contributed by atoms with Gasteiger partial charge in [0, 0.05) is 26.3 Å². The van der Waals surface area contributed by atoms with E-state index in [9.17, 15) is 4.79 Å². The Morgan fingerprint density at radius 2 is 2.05 bits per heavy atom. The molecule has 0 aromatic carbocycles. The van der Waals surface area contributed by atoms with Crippen molar-refractivity contribution < 1.29 is 4.79 Å². The summed E-state index contributed by atoms with van der Waals surface area (Å²) in [5, 5.41) is 3.19. The molecule has 106 valence electrons. The molecule has 1 rings (SSSR count). The Balaban J connectivity index is 2.67. The van der Waals surface area contributed by atoms with Crippen LogP contribution in [0.5, 0.6) is 0 Å². The number of nitrogens with one attached hydrogen (secondary N) is 1. The summed E-state index contributed by atoms with van der Waals surface area (Å²) in [6, 6.07) is 3.68. The Bertz CT molecular complexity index is 406. The van der Waals surface area contributed by atoms with E-state index in [1.165, 1.54) is 0 Å². The first-order valence-electron chi connectivity index (χ1n) is 6.79. The Labute approximate surface area is 116 Å². The molecule has 1 N–H and O–H groups in total. The van der Waals surface area contributed by atoms with E-state index in [-0.39, 0.29) is 11.3 Å². The monoisotopic (exact) mass is 263 g/mol. The number of rotatable bonds is 5. The van der Waals surface area contributed by atoms with Crippen molar-refractivity contribution >= 4 is 11.7 Å². The van der Waals surface area contributed by atoms with Crippen molar-refractivity contribution in [2.45, 2.75) is 34.1 Å². The highest BCUT2D eigenvalue weighted by Gasteiger charge is 2.18. The number of amides is 1. The van der Waals surface area contributed by atoms with Crippen molar-refractivity contribution in [3.8, 4) is 0 Å². The lowest BCUT2D eigenvalue weighted by molar-refractivity contribution is 0.0745. The largest absolute Gasteiger partial charge is 0.370 e. The zero-order chi connectivity index (χ0) is 14.5. The van der Waals surface area contributed by atoms with E-state index < -0.39 is 0 Å². The number of nitrogens with zero attached hydrogens (tertiary/aromatic N) is 2. The van der Waals surface area contributed by atoms with E-state index in [0.29, 0.717) is 5.56 Å². The molecule has 0 aliphatic carbocycles. The Morgan fingerprint density at radius 3 is 2.53 bits per heavy atom. The third-order valence-electron chi connectivity index (χ3n) is 2.62. The van der Waals surface area contributed by atoms with Crippen LogP contribution >= 0.6 is 0 Å². The lowest BCUT2D eigenvalue weighted by Crippen LogP contribution is -2.34. The van der Waals surface area contributed by atoms with Crippen LogP contribution in [0.3, 0.4) is 0 Å². The van der Waals surface area contributed by atoms with Gasteiger partial charge in [0.2, 0.25) is 0 Å². The molecule has 0 radical (unpaired) electrons. The highest BCUT2D eigenvalue weighted by Crippen LogP contribution is 2.16. The average molecular weight is 263 g/mol. The molecule has 0 fully saturated rings. The van der Waals surface area contributed by atoms with Crippen LogP contribution in [0.1, 0.15) is 44.5 Å². The van der Waals surface area contributed by atoms with Gasteiger partial charge in [-0.15, -0.1) is 0 Å².